The molecule has 0 heterocycles. The third-order valence-corrected chi connectivity index (χ3v) is 3.47. The predicted molar refractivity (Wildman–Crippen MR) is 83.8 cm³/mol. The zero-order valence-electron chi connectivity index (χ0n) is 11.9. The number of carbonyl (C=O) groups is 1. The molecule has 2 aromatic carbocycles. The summed E-state index contributed by atoms with van der Waals surface area (Å²) in [5.74, 6) is -0.370. The molecule has 1 amide bonds. The number of ether oxygens (including phenoxy) is 1. The van der Waals surface area contributed by atoms with Gasteiger partial charge < -0.3 is 10.1 Å². The standard InChI is InChI=1S/C15H13ClN2O4/c1-9-3-5-11(8-12(9)16)17-15(19)10-4-6-14(22-2)13(7-10)18(20)21/h3-8H,1-2H3,(H,17,19). The summed E-state index contributed by atoms with van der Waals surface area (Å²) in [6.07, 6.45) is 0. The van der Waals surface area contributed by atoms with E-state index in [1.165, 1.54) is 25.3 Å². The van der Waals surface area contributed by atoms with Crippen molar-refractivity contribution < 1.29 is 14.5 Å². The molecule has 6 nitrogen and oxygen atoms in total. The van der Waals surface area contributed by atoms with Crippen LogP contribution in [0.25, 0.3) is 0 Å². The molecule has 0 bridgehead atoms. The second-order valence-electron chi connectivity index (χ2n) is 4.56. The highest BCUT2D eigenvalue weighted by molar-refractivity contribution is 6.31. The zero-order valence-corrected chi connectivity index (χ0v) is 12.7. The first kappa shape index (κ1) is 15.8. The lowest BCUT2D eigenvalue weighted by molar-refractivity contribution is -0.385. The molecule has 2 rings (SSSR count). The van der Waals surface area contributed by atoms with Gasteiger partial charge in [-0.15, -0.1) is 0 Å². The summed E-state index contributed by atoms with van der Waals surface area (Å²) >= 11 is 5.99. The first-order valence-electron chi connectivity index (χ1n) is 6.32. The minimum Gasteiger partial charge on any atom is -0.490 e. The van der Waals surface area contributed by atoms with Crippen molar-refractivity contribution in [3.8, 4) is 5.75 Å². The van der Waals surface area contributed by atoms with Gasteiger partial charge in [-0.1, -0.05) is 17.7 Å². The number of amides is 1. The highest BCUT2D eigenvalue weighted by Gasteiger charge is 2.18. The highest BCUT2D eigenvalue weighted by atomic mass is 35.5. The van der Waals surface area contributed by atoms with E-state index in [2.05, 4.69) is 5.32 Å². The lowest BCUT2D eigenvalue weighted by atomic mass is 10.1. The molecular formula is C15H13ClN2O4. The molecule has 0 aliphatic carbocycles. The van der Waals surface area contributed by atoms with E-state index >= 15 is 0 Å². The molecule has 0 aliphatic rings. The number of hydrogen-bond acceptors (Lipinski definition) is 4. The van der Waals surface area contributed by atoms with E-state index in [1.807, 2.05) is 6.92 Å². The van der Waals surface area contributed by atoms with Gasteiger partial charge in [0.25, 0.3) is 5.91 Å². The van der Waals surface area contributed by atoms with Gasteiger partial charge in [-0.05, 0) is 36.8 Å². The van der Waals surface area contributed by atoms with Gasteiger partial charge in [0.1, 0.15) is 0 Å². The Balaban J connectivity index is 2.27. The predicted octanol–water partition coefficient (Wildman–Crippen LogP) is 3.82. The monoisotopic (exact) mass is 320 g/mol. The summed E-state index contributed by atoms with van der Waals surface area (Å²) in [5, 5.41) is 14.1. The number of carbonyl (C=O) groups excluding carboxylic acids is 1. The first-order valence-corrected chi connectivity index (χ1v) is 6.70. The fourth-order valence-electron chi connectivity index (χ4n) is 1.85. The molecule has 0 atom stereocenters. The van der Waals surface area contributed by atoms with Gasteiger partial charge in [0.15, 0.2) is 5.75 Å². The van der Waals surface area contributed by atoms with Crippen molar-refractivity contribution in [1.29, 1.82) is 0 Å². The first-order chi connectivity index (χ1) is 10.4. The number of benzene rings is 2. The number of aryl methyl sites for hydroxylation is 1. The maximum absolute atomic E-state index is 12.2. The second-order valence-corrected chi connectivity index (χ2v) is 4.97. The van der Waals surface area contributed by atoms with E-state index in [9.17, 15) is 14.9 Å². The topological polar surface area (TPSA) is 81.5 Å². The summed E-state index contributed by atoms with van der Waals surface area (Å²) in [6, 6.07) is 9.11. The molecule has 0 aromatic heterocycles. The van der Waals surface area contributed by atoms with Crippen LogP contribution in [0.3, 0.4) is 0 Å². The molecular weight excluding hydrogens is 308 g/mol. The summed E-state index contributed by atoms with van der Waals surface area (Å²) in [5.41, 5.74) is 1.29. The molecule has 0 aliphatic heterocycles. The number of anilines is 1. The van der Waals surface area contributed by atoms with Crippen molar-refractivity contribution in [1.82, 2.24) is 0 Å². The molecule has 0 unspecified atom stereocenters. The number of rotatable bonds is 4. The quantitative estimate of drug-likeness (QED) is 0.686. The summed E-state index contributed by atoms with van der Waals surface area (Å²) < 4.78 is 4.90. The Morgan fingerprint density at radius 2 is 2.00 bits per heavy atom. The zero-order chi connectivity index (χ0) is 16.3. The van der Waals surface area contributed by atoms with Gasteiger partial charge >= 0.3 is 5.69 Å². The number of methoxy groups -OCH3 is 1. The molecule has 7 heteroatoms. The Kier molecular flexibility index (Phi) is 4.62. The maximum Gasteiger partial charge on any atom is 0.311 e. The third-order valence-electron chi connectivity index (χ3n) is 3.07. The molecule has 0 saturated heterocycles. The number of nitrogens with one attached hydrogen (secondary N) is 1. The SMILES string of the molecule is COc1ccc(C(=O)Nc2ccc(C)c(Cl)c2)cc1[N+](=O)[O-]. The average molecular weight is 321 g/mol. The number of nitro groups is 1. The van der Waals surface area contributed by atoms with Crippen LogP contribution in [0, 0.1) is 17.0 Å². The Labute approximate surface area is 131 Å². The van der Waals surface area contributed by atoms with Gasteiger partial charge in [0.05, 0.1) is 12.0 Å². The van der Waals surface area contributed by atoms with Crippen LogP contribution in [0.1, 0.15) is 15.9 Å². The Morgan fingerprint density at radius 1 is 1.27 bits per heavy atom. The minimum absolute atomic E-state index is 0.0972. The molecule has 22 heavy (non-hydrogen) atoms. The highest BCUT2D eigenvalue weighted by Crippen LogP contribution is 2.28. The van der Waals surface area contributed by atoms with E-state index in [0.29, 0.717) is 10.7 Å². The number of nitrogens with zero attached hydrogens (tertiary/aromatic N) is 1. The smallest absolute Gasteiger partial charge is 0.311 e. The lowest BCUT2D eigenvalue weighted by Gasteiger charge is -2.08. The van der Waals surface area contributed by atoms with E-state index in [1.54, 1.807) is 18.2 Å². The Morgan fingerprint density at radius 3 is 2.59 bits per heavy atom. The van der Waals surface area contributed by atoms with Crippen molar-refractivity contribution in [2.24, 2.45) is 0 Å². The van der Waals surface area contributed by atoms with Crippen LogP contribution in [0.2, 0.25) is 5.02 Å². The van der Waals surface area contributed by atoms with E-state index in [-0.39, 0.29) is 17.0 Å². The molecule has 114 valence electrons. The van der Waals surface area contributed by atoms with Gasteiger partial charge in [-0.2, -0.15) is 0 Å². The van der Waals surface area contributed by atoms with E-state index in [0.717, 1.165) is 5.56 Å². The van der Waals surface area contributed by atoms with Crippen molar-refractivity contribution >= 4 is 28.9 Å². The van der Waals surface area contributed by atoms with Crippen molar-refractivity contribution in [3.63, 3.8) is 0 Å². The minimum atomic E-state index is -0.599. The van der Waals surface area contributed by atoms with Crippen molar-refractivity contribution in [2.75, 3.05) is 12.4 Å². The average Bonchev–Trinajstić information content (AvgIpc) is 2.50. The largest absolute Gasteiger partial charge is 0.490 e. The molecule has 0 saturated carbocycles. The Hall–Kier alpha value is -2.60. The third kappa shape index (κ3) is 3.35. The van der Waals surface area contributed by atoms with Crippen molar-refractivity contribution in [3.05, 3.63) is 62.7 Å². The van der Waals surface area contributed by atoms with Crippen LogP contribution in [-0.2, 0) is 0 Å². The van der Waals surface area contributed by atoms with Crippen LogP contribution in [0.4, 0.5) is 11.4 Å². The van der Waals surface area contributed by atoms with Gasteiger partial charge in [-0.3, -0.25) is 14.9 Å². The number of nitro benzene ring substituents is 1. The van der Waals surface area contributed by atoms with Gasteiger partial charge in [-0.25, -0.2) is 0 Å². The Bertz CT molecular complexity index is 746. The van der Waals surface area contributed by atoms with Crippen LogP contribution >= 0.6 is 11.6 Å². The summed E-state index contributed by atoms with van der Waals surface area (Å²) in [6.45, 7) is 1.85. The molecule has 0 fully saturated rings. The van der Waals surface area contributed by atoms with Gasteiger partial charge in [0, 0.05) is 22.3 Å². The second kappa shape index (κ2) is 6.44. The van der Waals surface area contributed by atoms with Crippen molar-refractivity contribution in [2.45, 2.75) is 6.92 Å². The molecule has 0 spiro atoms. The molecule has 0 radical (unpaired) electrons. The van der Waals surface area contributed by atoms with Crippen LogP contribution in [0.5, 0.6) is 5.75 Å². The van der Waals surface area contributed by atoms with Crippen LogP contribution < -0.4 is 10.1 Å². The van der Waals surface area contributed by atoms with E-state index in [4.69, 9.17) is 16.3 Å². The summed E-state index contributed by atoms with van der Waals surface area (Å²) in [4.78, 5) is 22.5. The van der Waals surface area contributed by atoms with E-state index < -0.39 is 10.8 Å². The number of halogens is 1. The normalized spacial score (nSPS) is 10.1. The fourth-order valence-corrected chi connectivity index (χ4v) is 2.03. The van der Waals surface area contributed by atoms with Gasteiger partial charge in [0.2, 0.25) is 0 Å². The lowest BCUT2D eigenvalue weighted by Crippen LogP contribution is -2.12. The summed E-state index contributed by atoms with van der Waals surface area (Å²) in [7, 11) is 1.33. The molecule has 1 N–H and O–H groups in total. The maximum atomic E-state index is 12.2. The number of hydrogen-bond donors (Lipinski definition) is 1. The molecule has 2 aromatic rings. The fraction of sp³-hybridized carbons (Fsp3) is 0.133. The van der Waals surface area contributed by atoms with Crippen LogP contribution in [-0.4, -0.2) is 17.9 Å². The van der Waals surface area contributed by atoms with Crippen LogP contribution in [0.15, 0.2) is 36.4 Å².